The predicted molar refractivity (Wildman–Crippen MR) is 215 cm³/mol. The molecular weight excluding hydrogens is 619 g/mol. The van der Waals surface area contributed by atoms with E-state index in [2.05, 4.69) is 94.1 Å². The van der Waals surface area contributed by atoms with Crippen LogP contribution in [0.3, 0.4) is 0 Å². The van der Waals surface area contributed by atoms with Crippen LogP contribution in [0.25, 0.3) is 93.6 Å². The van der Waals surface area contributed by atoms with E-state index in [0.717, 1.165) is 55.0 Å². The van der Waals surface area contributed by atoms with Crippen molar-refractivity contribution < 1.29 is 12.3 Å². The molecule has 0 N–H and O–H groups in total. The van der Waals surface area contributed by atoms with Crippen LogP contribution in [0.2, 0.25) is 0 Å². The van der Waals surface area contributed by atoms with Crippen LogP contribution in [0, 0.1) is 0 Å². The second-order valence-electron chi connectivity index (χ2n) is 12.7. The SMILES string of the molecule is [2H]c1c([2H])c([2H])c(-c2c([2H])c([2H])c(-n3c4ccccc4c4ccc(-n5c6ccccc6c6cc(-n7c8ccccc8c8ccccc87)ccc65)cc43)c([2H])c2[2H])c([2H])c1[2H]. The lowest BCUT2D eigenvalue weighted by molar-refractivity contribution is 1.15. The second kappa shape index (κ2) is 10.8. The first-order valence-electron chi connectivity index (χ1n) is 21.3. The van der Waals surface area contributed by atoms with Crippen molar-refractivity contribution in [3.63, 3.8) is 0 Å². The molecule has 0 saturated heterocycles. The second-order valence-corrected chi connectivity index (χ2v) is 12.7. The minimum Gasteiger partial charge on any atom is -0.309 e. The van der Waals surface area contributed by atoms with Crippen molar-refractivity contribution in [3.8, 4) is 28.2 Å². The fourth-order valence-electron chi connectivity index (χ4n) is 7.84. The molecule has 0 bridgehead atoms. The van der Waals surface area contributed by atoms with Gasteiger partial charge in [-0.15, -0.1) is 0 Å². The third kappa shape index (κ3) is 4.12. The van der Waals surface area contributed by atoms with Crippen LogP contribution in [0.5, 0.6) is 0 Å². The van der Waals surface area contributed by atoms with Crippen LogP contribution in [0.4, 0.5) is 0 Å². The average molecular weight is 659 g/mol. The maximum atomic E-state index is 9.36. The summed E-state index contributed by atoms with van der Waals surface area (Å²) in [6, 6.07) is 40.6. The van der Waals surface area contributed by atoms with Crippen LogP contribution in [-0.4, -0.2) is 13.7 Å². The van der Waals surface area contributed by atoms with Gasteiger partial charge in [-0.25, -0.2) is 0 Å². The molecule has 0 atom stereocenters. The van der Waals surface area contributed by atoms with E-state index in [0.29, 0.717) is 11.0 Å². The highest BCUT2D eigenvalue weighted by atomic mass is 15.0. The third-order valence-electron chi connectivity index (χ3n) is 10.00. The largest absolute Gasteiger partial charge is 0.309 e. The van der Waals surface area contributed by atoms with Gasteiger partial charge in [-0.05, 0) is 77.8 Å². The van der Waals surface area contributed by atoms with E-state index in [4.69, 9.17) is 9.60 Å². The topological polar surface area (TPSA) is 14.8 Å². The van der Waals surface area contributed by atoms with Gasteiger partial charge in [0, 0.05) is 49.4 Å². The van der Waals surface area contributed by atoms with Crippen molar-refractivity contribution in [2.75, 3.05) is 0 Å². The molecule has 11 aromatic rings. The van der Waals surface area contributed by atoms with Crippen LogP contribution < -0.4 is 0 Å². The van der Waals surface area contributed by atoms with Gasteiger partial charge in [0.2, 0.25) is 0 Å². The Labute approximate surface area is 307 Å². The number of hydrogen-bond donors (Lipinski definition) is 0. The molecule has 0 saturated carbocycles. The van der Waals surface area contributed by atoms with Gasteiger partial charge in [0.15, 0.2) is 0 Å². The normalized spacial score (nSPS) is 14.4. The van der Waals surface area contributed by atoms with Gasteiger partial charge in [0.05, 0.1) is 45.4 Å². The van der Waals surface area contributed by atoms with Gasteiger partial charge in [-0.1, -0.05) is 121 Å². The van der Waals surface area contributed by atoms with Gasteiger partial charge in [-0.3, -0.25) is 0 Å². The van der Waals surface area contributed by atoms with Crippen LogP contribution in [0.15, 0.2) is 188 Å². The average Bonchev–Trinajstić information content (AvgIpc) is 3.91. The number of fused-ring (bicyclic) bond motifs is 9. The van der Waals surface area contributed by atoms with E-state index < -0.39 is 54.4 Å². The van der Waals surface area contributed by atoms with Gasteiger partial charge in [0.1, 0.15) is 0 Å². The Hall–Kier alpha value is -6.84. The summed E-state index contributed by atoms with van der Waals surface area (Å²) in [5.41, 5.74) is 6.66. The van der Waals surface area contributed by atoms with Crippen molar-refractivity contribution >= 4 is 65.4 Å². The zero-order valence-electron chi connectivity index (χ0n) is 36.0. The fourth-order valence-corrected chi connectivity index (χ4v) is 7.84. The van der Waals surface area contributed by atoms with Gasteiger partial charge < -0.3 is 13.7 Å². The molecule has 0 spiro atoms. The molecule has 0 aliphatic rings. The van der Waals surface area contributed by atoms with Gasteiger partial charge >= 0.3 is 0 Å². The highest BCUT2D eigenvalue weighted by Gasteiger charge is 2.18. The molecule has 3 aromatic heterocycles. The maximum absolute atomic E-state index is 9.36. The quantitative estimate of drug-likeness (QED) is 0.179. The summed E-state index contributed by atoms with van der Waals surface area (Å²) in [7, 11) is 0. The number of rotatable bonds is 4. The molecule has 0 fully saturated rings. The molecule has 8 aromatic carbocycles. The van der Waals surface area contributed by atoms with Crippen LogP contribution in [0.1, 0.15) is 12.3 Å². The number of hydrogen-bond acceptors (Lipinski definition) is 0. The Balaban J connectivity index is 1.16. The summed E-state index contributed by atoms with van der Waals surface area (Å²) < 4.78 is 84.9. The smallest absolute Gasteiger partial charge is 0.0645 e. The summed E-state index contributed by atoms with van der Waals surface area (Å²) >= 11 is 0. The summed E-state index contributed by atoms with van der Waals surface area (Å²) in [6.07, 6.45) is 0. The van der Waals surface area contributed by atoms with Gasteiger partial charge in [-0.2, -0.15) is 0 Å². The van der Waals surface area contributed by atoms with E-state index >= 15 is 0 Å². The molecule has 3 heterocycles. The Bertz CT molecular complexity index is 3560. The lowest BCUT2D eigenvalue weighted by atomic mass is 10.1. The molecule has 238 valence electrons. The number of benzene rings is 8. The Morgan fingerprint density at radius 3 is 1.27 bits per heavy atom. The van der Waals surface area contributed by atoms with Gasteiger partial charge in [0.25, 0.3) is 0 Å². The lowest BCUT2D eigenvalue weighted by Gasteiger charge is -2.12. The highest BCUT2D eigenvalue weighted by Crippen LogP contribution is 2.39. The van der Waals surface area contributed by atoms with E-state index in [1.807, 2.05) is 48.5 Å². The van der Waals surface area contributed by atoms with Crippen molar-refractivity contribution in [1.29, 1.82) is 0 Å². The summed E-state index contributed by atoms with van der Waals surface area (Å²) in [5, 5.41) is 6.19. The van der Waals surface area contributed by atoms with Crippen molar-refractivity contribution in [3.05, 3.63) is 188 Å². The molecule has 0 aliphatic carbocycles. The number of nitrogens with zero attached hydrogens (tertiary/aromatic N) is 3. The predicted octanol–water partition coefficient (Wildman–Crippen LogP) is 12.6. The highest BCUT2D eigenvalue weighted by molar-refractivity contribution is 6.13. The fraction of sp³-hybridized carbons (Fsp3) is 0. The zero-order valence-corrected chi connectivity index (χ0v) is 27.0. The van der Waals surface area contributed by atoms with E-state index in [1.165, 1.54) is 10.8 Å². The van der Waals surface area contributed by atoms with E-state index in [-0.39, 0.29) is 16.8 Å². The standard InChI is InChI=1S/C48H31N3/c1-2-12-32(13-3-1)33-22-24-34(25-23-33)49-43-18-8-6-16-39(43)41-28-26-36(31-48(41)49)51-46-21-11-7-17-40(46)42-30-35(27-29-47(42)51)50-44-19-9-4-14-37(44)38-15-5-10-20-45(38)50/h1-31H/i1D,2D,3D,12D,13D,22D,23D,24D,25D. The first-order chi connectivity index (χ1) is 29.1. The van der Waals surface area contributed by atoms with Crippen LogP contribution >= 0.6 is 0 Å². The molecule has 51 heavy (non-hydrogen) atoms. The maximum Gasteiger partial charge on any atom is 0.0645 e. The van der Waals surface area contributed by atoms with Crippen molar-refractivity contribution in [2.45, 2.75) is 0 Å². The van der Waals surface area contributed by atoms with E-state index in [1.54, 1.807) is 4.57 Å². The molecule has 3 nitrogen and oxygen atoms in total. The number of para-hydroxylation sites is 4. The first kappa shape index (κ1) is 20.6. The third-order valence-corrected chi connectivity index (χ3v) is 10.00. The van der Waals surface area contributed by atoms with Crippen molar-refractivity contribution in [1.82, 2.24) is 13.7 Å². The zero-order chi connectivity index (χ0) is 41.3. The Morgan fingerprint density at radius 2 is 0.706 bits per heavy atom. The molecule has 0 unspecified atom stereocenters. The monoisotopic (exact) mass is 658 g/mol. The molecular formula is C48H31N3. The summed E-state index contributed by atoms with van der Waals surface area (Å²) in [5.74, 6) is 0. The van der Waals surface area contributed by atoms with Crippen LogP contribution in [-0.2, 0) is 0 Å². The minimum atomic E-state index is -0.616. The first-order valence-corrected chi connectivity index (χ1v) is 16.8. The Kier molecular flexibility index (Phi) is 4.38. The molecule has 11 rings (SSSR count). The molecule has 0 radical (unpaired) electrons. The summed E-state index contributed by atoms with van der Waals surface area (Å²) in [6.45, 7) is 0. The van der Waals surface area contributed by atoms with E-state index in [9.17, 15) is 2.74 Å². The Morgan fingerprint density at radius 1 is 0.294 bits per heavy atom. The number of aromatic nitrogens is 3. The molecule has 3 heteroatoms. The molecule has 0 amide bonds. The minimum absolute atomic E-state index is 0.0116. The lowest BCUT2D eigenvalue weighted by Crippen LogP contribution is -1.97. The van der Waals surface area contributed by atoms with Crippen molar-refractivity contribution in [2.24, 2.45) is 0 Å². The molecule has 0 aliphatic heterocycles. The summed E-state index contributed by atoms with van der Waals surface area (Å²) in [4.78, 5) is 0.